The number of aryl methyl sites for hydroxylation is 2. The van der Waals surface area contributed by atoms with Gasteiger partial charge in [0, 0.05) is 41.5 Å². The summed E-state index contributed by atoms with van der Waals surface area (Å²) in [4.78, 5) is 22.9. The van der Waals surface area contributed by atoms with Crippen molar-refractivity contribution in [1.29, 1.82) is 0 Å². The fourth-order valence-electron chi connectivity index (χ4n) is 3.25. The van der Waals surface area contributed by atoms with Crippen LogP contribution in [0.15, 0.2) is 48.5 Å². The number of hydrogen-bond acceptors (Lipinski definition) is 3. The quantitative estimate of drug-likeness (QED) is 0.414. The molecule has 0 fully saturated rings. The summed E-state index contributed by atoms with van der Waals surface area (Å²) in [6.45, 7) is 4.98. The van der Waals surface area contributed by atoms with Crippen LogP contribution in [0.2, 0.25) is 0 Å². The molecule has 134 valence electrons. The van der Waals surface area contributed by atoms with E-state index < -0.39 is 4.92 Å². The number of nitro groups is 1. The van der Waals surface area contributed by atoms with E-state index in [1.54, 1.807) is 13.0 Å². The zero-order chi connectivity index (χ0) is 18.7. The zero-order valence-corrected chi connectivity index (χ0v) is 14.9. The van der Waals surface area contributed by atoms with Crippen LogP contribution in [0, 0.1) is 24.0 Å². The third-order valence-corrected chi connectivity index (χ3v) is 4.61. The summed E-state index contributed by atoms with van der Waals surface area (Å²) in [6, 6.07) is 14.9. The summed E-state index contributed by atoms with van der Waals surface area (Å²) in [5.74, 6) is -0.278. The van der Waals surface area contributed by atoms with Crippen molar-refractivity contribution in [3.63, 3.8) is 0 Å². The van der Waals surface area contributed by atoms with Crippen LogP contribution in [-0.2, 0) is 6.54 Å². The smallest absolute Gasteiger partial charge is 0.273 e. The molecule has 2 aromatic carbocycles. The van der Waals surface area contributed by atoms with Crippen LogP contribution in [0.25, 0.3) is 10.9 Å². The van der Waals surface area contributed by atoms with Gasteiger partial charge in [-0.25, -0.2) is 0 Å². The van der Waals surface area contributed by atoms with Crippen molar-refractivity contribution >= 4 is 22.5 Å². The molecule has 3 aromatic rings. The molecule has 1 N–H and O–H groups in total. The molecule has 26 heavy (non-hydrogen) atoms. The molecule has 6 heteroatoms. The van der Waals surface area contributed by atoms with Gasteiger partial charge < -0.3 is 9.88 Å². The van der Waals surface area contributed by atoms with Gasteiger partial charge in [-0.1, -0.05) is 24.3 Å². The Labute approximate surface area is 151 Å². The van der Waals surface area contributed by atoms with Gasteiger partial charge in [-0.05, 0) is 43.9 Å². The van der Waals surface area contributed by atoms with Crippen molar-refractivity contribution in [2.45, 2.75) is 26.8 Å². The van der Waals surface area contributed by atoms with Gasteiger partial charge in [0.05, 0.1) is 4.92 Å². The maximum Gasteiger partial charge on any atom is 0.273 e. The number of amides is 1. The summed E-state index contributed by atoms with van der Waals surface area (Å²) in [6.07, 6.45) is 0.777. The number of nitro benzene ring substituents is 1. The second-order valence-electron chi connectivity index (χ2n) is 6.31. The van der Waals surface area contributed by atoms with Gasteiger partial charge in [0.1, 0.15) is 0 Å². The van der Waals surface area contributed by atoms with E-state index in [2.05, 4.69) is 35.0 Å². The third-order valence-electron chi connectivity index (χ3n) is 4.61. The van der Waals surface area contributed by atoms with E-state index in [-0.39, 0.29) is 11.6 Å². The van der Waals surface area contributed by atoms with Crippen LogP contribution >= 0.6 is 0 Å². The molecule has 0 aliphatic heterocycles. The van der Waals surface area contributed by atoms with E-state index in [4.69, 9.17) is 0 Å². The molecule has 1 aromatic heterocycles. The average Bonchev–Trinajstić information content (AvgIpc) is 2.93. The lowest BCUT2D eigenvalue weighted by atomic mass is 10.1. The van der Waals surface area contributed by atoms with Gasteiger partial charge in [0.2, 0.25) is 0 Å². The number of nitrogens with zero attached hydrogens (tertiary/aromatic N) is 2. The molecular formula is C20H21N3O3. The molecule has 0 bridgehead atoms. The Hall–Kier alpha value is -3.15. The third kappa shape index (κ3) is 3.44. The van der Waals surface area contributed by atoms with Crippen LogP contribution in [0.4, 0.5) is 5.69 Å². The van der Waals surface area contributed by atoms with Crippen molar-refractivity contribution in [2.75, 3.05) is 6.54 Å². The Morgan fingerprint density at radius 3 is 2.69 bits per heavy atom. The van der Waals surface area contributed by atoms with Crippen LogP contribution in [0.1, 0.15) is 28.0 Å². The van der Waals surface area contributed by atoms with Crippen LogP contribution in [0.5, 0.6) is 0 Å². The second kappa shape index (κ2) is 7.39. The summed E-state index contributed by atoms with van der Waals surface area (Å²) in [7, 11) is 0. The minimum absolute atomic E-state index is 0.0351. The highest BCUT2D eigenvalue weighted by molar-refractivity contribution is 5.96. The zero-order valence-electron chi connectivity index (χ0n) is 14.9. The number of fused-ring (bicyclic) bond motifs is 1. The molecule has 0 atom stereocenters. The largest absolute Gasteiger partial charge is 0.352 e. The van der Waals surface area contributed by atoms with Crippen LogP contribution < -0.4 is 5.32 Å². The molecule has 0 saturated carbocycles. The van der Waals surface area contributed by atoms with E-state index in [9.17, 15) is 14.9 Å². The monoisotopic (exact) mass is 351 g/mol. The number of nitrogens with one attached hydrogen (secondary N) is 1. The lowest BCUT2D eigenvalue weighted by molar-refractivity contribution is -0.385. The Bertz CT molecular complexity index is 976. The van der Waals surface area contributed by atoms with Crippen molar-refractivity contribution in [3.05, 3.63) is 75.5 Å². The summed E-state index contributed by atoms with van der Waals surface area (Å²) >= 11 is 0. The molecule has 1 amide bonds. The molecule has 6 nitrogen and oxygen atoms in total. The fourth-order valence-corrected chi connectivity index (χ4v) is 3.25. The lowest BCUT2D eigenvalue weighted by Crippen LogP contribution is -2.26. The summed E-state index contributed by atoms with van der Waals surface area (Å²) < 4.78 is 2.24. The summed E-state index contributed by atoms with van der Waals surface area (Å²) in [5, 5.41) is 15.1. The predicted octanol–water partition coefficient (Wildman–Crippen LogP) is 3.99. The second-order valence-corrected chi connectivity index (χ2v) is 6.31. The van der Waals surface area contributed by atoms with E-state index in [1.165, 1.54) is 28.7 Å². The van der Waals surface area contributed by atoms with Gasteiger partial charge in [-0.15, -0.1) is 0 Å². The maximum atomic E-state index is 12.3. The first kappa shape index (κ1) is 17.7. The first-order chi connectivity index (χ1) is 12.5. The molecule has 0 saturated heterocycles. The number of carbonyl (C=O) groups is 1. The number of para-hydroxylation sites is 1. The predicted molar refractivity (Wildman–Crippen MR) is 101 cm³/mol. The molecular weight excluding hydrogens is 330 g/mol. The number of rotatable bonds is 6. The highest BCUT2D eigenvalue weighted by Gasteiger charge is 2.17. The van der Waals surface area contributed by atoms with Gasteiger partial charge in [-0.2, -0.15) is 0 Å². The van der Waals surface area contributed by atoms with Crippen LogP contribution in [-0.4, -0.2) is 21.9 Å². The molecule has 0 unspecified atom stereocenters. The number of aromatic nitrogens is 1. The standard InChI is InChI=1S/C20H21N3O3/c1-14-13-16-7-3-4-9-19(16)22(14)12-6-11-21-20(24)17-8-5-10-18(15(17)2)23(25)26/h3-5,7-10,13H,6,11-12H2,1-2H3,(H,21,24). The topological polar surface area (TPSA) is 77.2 Å². The Morgan fingerprint density at radius 2 is 1.92 bits per heavy atom. The molecule has 1 heterocycles. The van der Waals surface area contributed by atoms with Crippen molar-refractivity contribution < 1.29 is 9.72 Å². The number of hydrogen-bond donors (Lipinski definition) is 1. The number of carbonyl (C=O) groups excluding carboxylic acids is 1. The first-order valence-corrected chi connectivity index (χ1v) is 8.56. The Morgan fingerprint density at radius 1 is 1.15 bits per heavy atom. The maximum absolute atomic E-state index is 12.3. The van der Waals surface area contributed by atoms with E-state index in [1.807, 2.05) is 12.1 Å². The Kier molecular flexibility index (Phi) is 5.02. The minimum Gasteiger partial charge on any atom is -0.352 e. The van der Waals surface area contributed by atoms with Crippen molar-refractivity contribution in [2.24, 2.45) is 0 Å². The Balaban J connectivity index is 1.62. The van der Waals surface area contributed by atoms with Gasteiger partial charge >= 0.3 is 0 Å². The van der Waals surface area contributed by atoms with Crippen LogP contribution in [0.3, 0.4) is 0 Å². The normalized spacial score (nSPS) is 10.8. The molecule has 0 spiro atoms. The van der Waals surface area contributed by atoms with E-state index in [0.29, 0.717) is 17.7 Å². The van der Waals surface area contributed by atoms with E-state index in [0.717, 1.165) is 13.0 Å². The van der Waals surface area contributed by atoms with Crippen molar-refractivity contribution in [3.8, 4) is 0 Å². The fraction of sp³-hybridized carbons (Fsp3) is 0.250. The number of benzene rings is 2. The first-order valence-electron chi connectivity index (χ1n) is 8.56. The minimum atomic E-state index is -0.466. The van der Waals surface area contributed by atoms with Crippen molar-refractivity contribution in [1.82, 2.24) is 9.88 Å². The SMILES string of the molecule is Cc1c(C(=O)NCCCn2c(C)cc3ccccc32)cccc1[N+](=O)[O-]. The molecule has 0 aliphatic carbocycles. The molecule has 0 radical (unpaired) electrons. The lowest BCUT2D eigenvalue weighted by Gasteiger charge is -2.10. The van der Waals surface area contributed by atoms with Gasteiger partial charge in [-0.3, -0.25) is 14.9 Å². The van der Waals surface area contributed by atoms with Gasteiger partial charge in [0.15, 0.2) is 0 Å². The highest BCUT2D eigenvalue weighted by atomic mass is 16.6. The van der Waals surface area contributed by atoms with Gasteiger partial charge in [0.25, 0.3) is 11.6 Å². The summed E-state index contributed by atoms with van der Waals surface area (Å²) in [5.41, 5.74) is 3.08. The molecule has 0 aliphatic rings. The average molecular weight is 351 g/mol. The molecule has 3 rings (SSSR count). The highest BCUT2D eigenvalue weighted by Crippen LogP contribution is 2.21. The van der Waals surface area contributed by atoms with E-state index >= 15 is 0 Å².